The second-order valence-corrected chi connectivity index (χ2v) is 9.37. The van der Waals surface area contributed by atoms with E-state index in [-0.39, 0.29) is 17.7 Å². The molecule has 0 saturated heterocycles. The van der Waals surface area contributed by atoms with Crippen molar-refractivity contribution in [3.05, 3.63) is 88.8 Å². The van der Waals surface area contributed by atoms with E-state index >= 15 is 0 Å². The molecule has 2 aromatic heterocycles. The topological polar surface area (TPSA) is 76.5 Å². The van der Waals surface area contributed by atoms with Gasteiger partial charge in [-0.25, -0.2) is 5.01 Å². The number of benzene rings is 2. The zero-order valence-electron chi connectivity index (χ0n) is 18.7. The number of nitrogens with zero attached hydrogens (tertiary/aromatic N) is 5. The van der Waals surface area contributed by atoms with Crippen molar-refractivity contribution in [1.29, 1.82) is 0 Å². The number of aromatic nitrogens is 3. The first-order chi connectivity index (χ1) is 16.5. The third-order valence-corrected chi connectivity index (χ3v) is 7.03. The quantitative estimate of drug-likeness (QED) is 0.332. The third-order valence-electron chi connectivity index (χ3n) is 5.70. The summed E-state index contributed by atoms with van der Waals surface area (Å²) in [6.07, 6.45) is 2.21. The first kappa shape index (κ1) is 22.4. The molecule has 0 fully saturated rings. The van der Waals surface area contributed by atoms with Crippen LogP contribution in [0.4, 0.5) is 0 Å². The van der Waals surface area contributed by atoms with E-state index in [4.69, 9.17) is 21.1 Å². The molecule has 1 amide bonds. The first-order valence-electron chi connectivity index (χ1n) is 10.8. The SMILES string of the molecule is Cc1ccc(C2=NN(C(=O)CSc3nnc(-c4ccccc4Cl)n3C)C(c3ccco3)C2)cc1. The van der Waals surface area contributed by atoms with E-state index < -0.39 is 0 Å². The van der Waals surface area contributed by atoms with Crippen molar-refractivity contribution in [2.75, 3.05) is 5.75 Å². The minimum Gasteiger partial charge on any atom is -0.467 e. The maximum absolute atomic E-state index is 13.3. The molecule has 5 rings (SSSR count). The molecular formula is C25H22ClN5O2S. The Morgan fingerprint density at radius 3 is 2.65 bits per heavy atom. The number of halogens is 1. The van der Waals surface area contributed by atoms with Crippen molar-refractivity contribution >= 4 is 35.0 Å². The fourth-order valence-electron chi connectivity index (χ4n) is 3.87. The summed E-state index contributed by atoms with van der Waals surface area (Å²) in [7, 11) is 1.86. The summed E-state index contributed by atoms with van der Waals surface area (Å²) in [6.45, 7) is 2.04. The molecule has 0 N–H and O–H groups in total. The van der Waals surface area contributed by atoms with E-state index in [1.165, 1.54) is 22.3 Å². The van der Waals surface area contributed by atoms with Crippen LogP contribution in [0.1, 0.15) is 29.3 Å². The van der Waals surface area contributed by atoms with E-state index in [0.717, 1.165) is 16.8 Å². The zero-order chi connectivity index (χ0) is 23.7. The number of rotatable bonds is 6. The summed E-state index contributed by atoms with van der Waals surface area (Å²) in [5, 5.41) is 16.0. The van der Waals surface area contributed by atoms with Crippen molar-refractivity contribution in [3.63, 3.8) is 0 Å². The van der Waals surface area contributed by atoms with Gasteiger partial charge in [0.1, 0.15) is 11.8 Å². The molecule has 4 aromatic rings. The van der Waals surface area contributed by atoms with Gasteiger partial charge in [-0.2, -0.15) is 5.10 Å². The Kier molecular flexibility index (Phi) is 6.26. The number of carbonyl (C=O) groups is 1. The van der Waals surface area contributed by atoms with Crippen molar-refractivity contribution in [2.24, 2.45) is 12.1 Å². The van der Waals surface area contributed by atoms with Crippen LogP contribution in [0.2, 0.25) is 5.02 Å². The number of hydrazone groups is 1. The maximum atomic E-state index is 13.3. The van der Waals surface area contributed by atoms with Crippen LogP contribution in [-0.2, 0) is 11.8 Å². The molecule has 2 aromatic carbocycles. The van der Waals surface area contributed by atoms with E-state index in [2.05, 4.69) is 10.2 Å². The molecule has 0 spiro atoms. The molecule has 1 aliphatic heterocycles. The van der Waals surface area contributed by atoms with Crippen LogP contribution in [-0.4, -0.2) is 37.1 Å². The van der Waals surface area contributed by atoms with Crippen molar-refractivity contribution < 1.29 is 9.21 Å². The molecule has 7 nitrogen and oxygen atoms in total. The molecule has 0 radical (unpaired) electrons. The molecular weight excluding hydrogens is 470 g/mol. The van der Waals surface area contributed by atoms with Crippen LogP contribution in [0.5, 0.6) is 0 Å². The maximum Gasteiger partial charge on any atom is 0.253 e. The molecule has 0 saturated carbocycles. The number of hydrogen-bond acceptors (Lipinski definition) is 6. The first-order valence-corrected chi connectivity index (χ1v) is 12.1. The van der Waals surface area contributed by atoms with E-state index in [0.29, 0.717) is 28.2 Å². The van der Waals surface area contributed by atoms with E-state index in [1.54, 1.807) is 6.26 Å². The fourth-order valence-corrected chi connectivity index (χ4v) is 4.86. The summed E-state index contributed by atoms with van der Waals surface area (Å²) in [6, 6.07) is 19.1. The van der Waals surface area contributed by atoms with Crippen LogP contribution < -0.4 is 0 Å². The van der Waals surface area contributed by atoms with Gasteiger partial charge < -0.3 is 8.98 Å². The van der Waals surface area contributed by atoms with E-state index in [1.807, 2.05) is 79.2 Å². The summed E-state index contributed by atoms with van der Waals surface area (Å²) in [5.74, 6) is 1.39. The summed E-state index contributed by atoms with van der Waals surface area (Å²) in [4.78, 5) is 13.3. The number of carbonyl (C=O) groups excluding carboxylic acids is 1. The molecule has 9 heteroatoms. The van der Waals surface area contributed by atoms with Gasteiger partial charge in [0.25, 0.3) is 5.91 Å². The standard InChI is InChI=1S/C25H22ClN5O2S/c1-16-9-11-17(12-10-16)20-14-21(22-8-5-13-33-22)31(29-20)23(32)15-34-25-28-27-24(30(25)2)18-6-3-4-7-19(18)26/h3-13,21H,14-15H2,1-2H3. The summed E-state index contributed by atoms with van der Waals surface area (Å²) in [5.41, 5.74) is 3.83. The predicted molar refractivity (Wildman–Crippen MR) is 133 cm³/mol. The molecule has 0 aliphatic carbocycles. The second kappa shape index (κ2) is 9.48. The van der Waals surface area contributed by atoms with Gasteiger partial charge in [-0.1, -0.05) is 65.3 Å². The molecule has 34 heavy (non-hydrogen) atoms. The Morgan fingerprint density at radius 2 is 1.91 bits per heavy atom. The number of hydrogen-bond donors (Lipinski definition) is 0. The van der Waals surface area contributed by atoms with Gasteiger partial charge in [0.2, 0.25) is 0 Å². The molecule has 1 atom stereocenters. The number of amides is 1. The van der Waals surface area contributed by atoms with Crippen molar-refractivity contribution in [2.45, 2.75) is 24.5 Å². The Hall–Kier alpha value is -3.36. The molecule has 3 heterocycles. The Labute approximate surface area is 206 Å². The van der Waals surface area contributed by atoms with Gasteiger partial charge in [-0.05, 0) is 36.8 Å². The van der Waals surface area contributed by atoms with Crippen LogP contribution in [0, 0.1) is 6.92 Å². The molecule has 1 unspecified atom stereocenters. The molecule has 1 aliphatic rings. The predicted octanol–water partition coefficient (Wildman–Crippen LogP) is 5.51. The third kappa shape index (κ3) is 4.38. The molecule has 172 valence electrons. The van der Waals surface area contributed by atoms with Crippen LogP contribution in [0.3, 0.4) is 0 Å². The van der Waals surface area contributed by atoms with Crippen molar-refractivity contribution in [1.82, 2.24) is 19.8 Å². The average Bonchev–Trinajstić information content (AvgIpc) is 3.59. The summed E-state index contributed by atoms with van der Waals surface area (Å²) >= 11 is 7.64. The zero-order valence-corrected chi connectivity index (χ0v) is 20.3. The lowest BCUT2D eigenvalue weighted by Crippen LogP contribution is -2.28. The second-order valence-electron chi connectivity index (χ2n) is 8.02. The minimum atomic E-state index is -0.280. The molecule has 0 bridgehead atoms. The fraction of sp³-hybridized carbons (Fsp3) is 0.200. The Morgan fingerprint density at radius 1 is 1.12 bits per heavy atom. The van der Waals surface area contributed by atoms with Gasteiger partial charge in [-0.3, -0.25) is 4.79 Å². The van der Waals surface area contributed by atoms with Gasteiger partial charge in [0.05, 0.1) is 22.8 Å². The smallest absolute Gasteiger partial charge is 0.253 e. The number of aryl methyl sites for hydroxylation is 1. The van der Waals surface area contributed by atoms with Gasteiger partial charge in [-0.15, -0.1) is 10.2 Å². The highest BCUT2D eigenvalue weighted by atomic mass is 35.5. The Balaban J connectivity index is 1.35. The van der Waals surface area contributed by atoms with Crippen LogP contribution in [0.15, 0.2) is 81.6 Å². The Bertz CT molecular complexity index is 1350. The average molecular weight is 492 g/mol. The van der Waals surface area contributed by atoms with Crippen LogP contribution in [0.25, 0.3) is 11.4 Å². The highest BCUT2D eigenvalue weighted by Gasteiger charge is 2.35. The van der Waals surface area contributed by atoms with Gasteiger partial charge in [0, 0.05) is 19.0 Å². The monoisotopic (exact) mass is 491 g/mol. The highest BCUT2D eigenvalue weighted by molar-refractivity contribution is 7.99. The lowest BCUT2D eigenvalue weighted by Gasteiger charge is -2.19. The lowest BCUT2D eigenvalue weighted by atomic mass is 10.0. The summed E-state index contributed by atoms with van der Waals surface area (Å²) < 4.78 is 7.48. The normalized spacial score (nSPS) is 15.6. The van der Waals surface area contributed by atoms with Crippen LogP contribution >= 0.6 is 23.4 Å². The highest BCUT2D eigenvalue weighted by Crippen LogP contribution is 2.34. The number of furan rings is 1. The van der Waals surface area contributed by atoms with Crippen molar-refractivity contribution in [3.8, 4) is 11.4 Å². The van der Waals surface area contributed by atoms with Gasteiger partial charge in [0.15, 0.2) is 11.0 Å². The lowest BCUT2D eigenvalue weighted by molar-refractivity contribution is -0.130. The number of thioether (sulfide) groups is 1. The largest absolute Gasteiger partial charge is 0.467 e. The van der Waals surface area contributed by atoms with Gasteiger partial charge >= 0.3 is 0 Å². The minimum absolute atomic E-state index is 0.129. The van der Waals surface area contributed by atoms with E-state index in [9.17, 15) is 4.79 Å².